The Hall–Kier alpha value is -1.06. The van der Waals surface area contributed by atoms with Gasteiger partial charge in [0.2, 0.25) is 0 Å². The van der Waals surface area contributed by atoms with Crippen LogP contribution in [0.5, 0.6) is 5.75 Å². The molecule has 0 bridgehead atoms. The highest BCUT2D eigenvalue weighted by Crippen LogP contribution is 2.35. The average molecular weight is 221 g/mol. The summed E-state index contributed by atoms with van der Waals surface area (Å²) in [7, 11) is 0. The van der Waals surface area contributed by atoms with Gasteiger partial charge in [-0.15, -0.1) is 0 Å². The van der Waals surface area contributed by atoms with Gasteiger partial charge in [-0.1, -0.05) is 19.9 Å². The lowest BCUT2D eigenvalue weighted by atomic mass is 9.82. The summed E-state index contributed by atoms with van der Waals surface area (Å²) < 4.78 is 5.44. The topological polar surface area (TPSA) is 55.5 Å². The van der Waals surface area contributed by atoms with Crippen molar-refractivity contribution in [3.63, 3.8) is 0 Å². The summed E-state index contributed by atoms with van der Waals surface area (Å²) in [5, 5.41) is 10.3. The van der Waals surface area contributed by atoms with Crippen LogP contribution in [0, 0.1) is 5.41 Å². The lowest BCUT2D eigenvalue weighted by molar-refractivity contribution is 0.0554. The Morgan fingerprint density at radius 2 is 2.25 bits per heavy atom. The number of rotatable bonds is 3. The van der Waals surface area contributed by atoms with Crippen LogP contribution in [0.2, 0.25) is 0 Å². The zero-order chi connectivity index (χ0) is 11.8. The molecule has 3 nitrogen and oxygen atoms in total. The number of aliphatic hydroxyl groups is 1. The number of benzene rings is 1. The fourth-order valence-corrected chi connectivity index (χ4v) is 1.94. The summed E-state index contributed by atoms with van der Waals surface area (Å²) in [5.41, 5.74) is 7.49. The zero-order valence-electron chi connectivity index (χ0n) is 9.86. The predicted octanol–water partition coefficient (Wildman–Crippen LogP) is 1.64. The number of hydrogen-bond donors (Lipinski definition) is 2. The summed E-state index contributed by atoms with van der Waals surface area (Å²) in [4.78, 5) is 0. The molecule has 1 aromatic rings. The lowest BCUT2D eigenvalue weighted by Gasteiger charge is -2.29. The molecule has 0 saturated heterocycles. The van der Waals surface area contributed by atoms with Crippen molar-refractivity contribution in [2.45, 2.75) is 26.4 Å². The van der Waals surface area contributed by atoms with E-state index in [2.05, 4.69) is 0 Å². The van der Waals surface area contributed by atoms with Crippen molar-refractivity contribution in [2.24, 2.45) is 11.1 Å². The molecular weight excluding hydrogens is 202 g/mol. The smallest absolute Gasteiger partial charge is 0.122 e. The fourth-order valence-electron chi connectivity index (χ4n) is 1.94. The Morgan fingerprint density at radius 1 is 1.50 bits per heavy atom. The molecule has 1 atom stereocenters. The molecule has 1 aliphatic heterocycles. The average Bonchev–Trinajstić information content (AvgIpc) is 2.74. The van der Waals surface area contributed by atoms with Crippen molar-refractivity contribution >= 4 is 0 Å². The molecule has 3 N–H and O–H groups in total. The van der Waals surface area contributed by atoms with Crippen LogP contribution in [-0.4, -0.2) is 18.3 Å². The first-order chi connectivity index (χ1) is 7.54. The molecule has 0 saturated carbocycles. The third-order valence-electron chi connectivity index (χ3n) is 3.30. The maximum Gasteiger partial charge on any atom is 0.122 e. The van der Waals surface area contributed by atoms with E-state index in [4.69, 9.17) is 10.5 Å². The van der Waals surface area contributed by atoms with Crippen molar-refractivity contribution in [3.8, 4) is 5.75 Å². The Balaban J connectivity index is 2.28. The molecule has 1 heterocycles. The van der Waals surface area contributed by atoms with E-state index in [0.717, 1.165) is 24.3 Å². The monoisotopic (exact) mass is 221 g/mol. The maximum absolute atomic E-state index is 10.3. The third-order valence-corrected chi connectivity index (χ3v) is 3.30. The van der Waals surface area contributed by atoms with Crippen molar-refractivity contribution < 1.29 is 9.84 Å². The minimum Gasteiger partial charge on any atom is -0.493 e. The van der Waals surface area contributed by atoms with Gasteiger partial charge >= 0.3 is 0 Å². The second-order valence-corrected chi connectivity index (χ2v) is 5.06. The van der Waals surface area contributed by atoms with Gasteiger partial charge in [0.1, 0.15) is 5.75 Å². The van der Waals surface area contributed by atoms with Crippen LogP contribution in [0.15, 0.2) is 18.2 Å². The van der Waals surface area contributed by atoms with Gasteiger partial charge in [0.25, 0.3) is 0 Å². The van der Waals surface area contributed by atoms with Gasteiger partial charge in [0, 0.05) is 18.4 Å². The number of hydrogen-bond acceptors (Lipinski definition) is 3. The Labute approximate surface area is 96.2 Å². The Bertz CT molecular complexity index is 388. The largest absolute Gasteiger partial charge is 0.493 e. The quantitative estimate of drug-likeness (QED) is 0.815. The third kappa shape index (κ3) is 1.93. The molecule has 0 spiro atoms. The molecule has 3 heteroatoms. The van der Waals surface area contributed by atoms with Crippen LogP contribution in [-0.2, 0) is 6.42 Å². The van der Waals surface area contributed by atoms with Gasteiger partial charge in [0.15, 0.2) is 0 Å². The lowest BCUT2D eigenvalue weighted by Crippen LogP contribution is -2.30. The molecule has 1 aliphatic rings. The van der Waals surface area contributed by atoms with Gasteiger partial charge in [-0.05, 0) is 23.3 Å². The first-order valence-corrected chi connectivity index (χ1v) is 5.68. The highest BCUT2D eigenvalue weighted by Gasteiger charge is 2.28. The zero-order valence-corrected chi connectivity index (χ0v) is 9.86. The first kappa shape index (κ1) is 11.4. The van der Waals surface area contributed by atoms with Crippen LogP contribution in [0.3, 0.4) is 0 Å². The van der Waals surface area contributed by atoms with Crippen LogP contribution >= 0.6 is 0 Å². The predicted molar refractivity (Wildman–Crippen MR) is 63.4 cm³/mol. The number of aliphatic hydroxyl groups excluding tert-OH is 1. The van der Waals surface area contributed by atoms with Crippen molar-refractivity contribution in [1.29, 1.82) is 0 Å². The van der Waals surface area contributed by atoms with Crippen molar-refractivity contribution in [3.05, 3.63) is 29.3 Å². The molecule has 0 radical (unpaired) electrons. The molecular formula is C13H19NO2. The van der Waals surface area contributed by atoms with Crippen molar-refractivity contribution in [1.82, 2.24) is 0 Å². The Morgan fingerprint density at radius 3 is 2.94 bits per heavy atom. The van der Waals surface area contributed by atoms with Gasteiger partial charge in [-0.3, -0.25) is 0 Å². The number of fused-ring (bicyclic) bond motifs is 1. The Kier molecular flexibility index (Phi) is 2.91. The summed E-state index contributed by atoms with van der Waals surface area (Å²) in [6, 6.07) is 5.89. The minimum absolute atomic E-state index is 0.298. The maximum atomic E-state index is 10.3. The standard InChI is InChI=1S/C13H19NO2/c1-13(2,8-14)12(15)10-3-4-11-9(7-10)5-6-16-11/h3-4,7,12,15H,5-6,8,14H2,1-2H3. The first-order valence-electron chi connectivity index (χ1n) is 5.68. The summed E-state index contributed by atoms with van der Waals surface area (Å²) >= 11 is 0. The van der Waals surface area contributed by atoms with E-state index < -0.39 is 6.10 Å². The van der Waals surface area contributed by atoms with E-state index in [1.807, 2.05) is 32.0 Å². The van der Waals surface area contributed by atoms with Crippen molar-refractivity contribution in [2.75, 3.05) is 13.2 Å². The number of nitrogens with two attached hydrogens (primary N) is 1. The van der Waals surface area contributed by atoms with Crippen LogP contribution in [0.4, 0.5) is 0 Å². The highest BCUT2D eigenvalue weighted by atomic mass is 16.5. The molecule has 1 aromatic carbocycles. The minimum atomic E-state index is -0.525. The van der Waals surface area contributed by atoms with E-state index in [1.54, 1.807) is 0 Å². The van der Waals surface area contributed by atoms with Gasteiger partial charge in [0.05, 0.1) is 12.7 Å². The molecule has 1 unspecified atom stereocenters. The molecule has 0 aromatic heterocycles. The SMILES string of the molecule is CC(C)(CN)C(O)c1ccc2c(c1)CCO2. The number of ether oxygens (including phenoxy) is 1. The van der Waals surface area contributed by atoms with E-state index in [9.17, 15) is 5.11 Å². The summed E-state index contributed by atoms with van der Waals surface area (Å²) in [6.07, 6.45) is 0.405. The van der Waals surface area contributed by atoms with Crippen LogP contribution < -0.4 is 10.5 Å². The van der Waals surface area contributed by atoms with Gasteiger partial charge < -0.3 is 15.6 Å². The molecule has 0 amide bonds. The van der Waals surface area contributed by atoms with Crippen LogP contribution in [0.25, 0.3) is 0 Å². The van der Waals surface area contributed by atoms with E-state index in [1.165, 1.54) is 5.56 Å². The normalized spacial score (nSPS) is 16.8. The molecule has 88 valence electrons. The highest BCUT2D eigenvalue weighted by molar-refractivity contribution is 5.40. The molecule has 2 rings (SSSR count). The molecule has 16 heavy (non-hydrogen) atoms. The molecule has 0 fully saturated rings. The fraction of sp³-hybridized carbons (Fsp3) is 0.538. The van der Waals surface area contributed by atoms with Crippen LogP contribution in [0.1, 0.15) is 31.1 Å². The molecule has 0 aliphatic carbocycles. The van der Waals surface area contributed by atoms with E-state index in [0.29, 0.717) is 6.54 Å². The van der Waals surface area contributed by atoms with Gasteiger partial charge in [-0.2, -0.15) is 0 Å². The van der Waals surface area contributed by atoms with E-state index >= 15 is 0 Å². The second-order valence-electron chi connectivity index (χ2n) is 5.06. The van der Waals surface area contributed by atoms with E-state index in [-0.39, 0.29) is 5.41 Å². The van der Waals surface area contributed by atoms with Gasteiger partial charge in [-0.25, -0.2) is 0 Å². The summed E-state index contributed by atoms with van der Waals surface area (Å²) in [5.74, 6) is 0.946. The summed E-state index contributed by atoms with van der Waals surface area (Å²) in [6.45, 7) is 5.15. The second kappa shape index (κ2) is 4.07.